The first kappa shape index (κ1) is 21.9. The standard InChI is InChI=1S/C18H26BrN3O2.ClH/c1-13(23)21-17(15-5-7-16(19)8-6-15)10-18(24)22-9-3-4-14(12-22)11-20-2;/h5-8,14,17,20H,3-4,9-12H2,1-2H3,(H,21,23);1H. The molecule has 0 saturated carbocycles. The highest BCUT2D eigenvalue weighted by molar-refractivity contribution is 9.10. The van der Waals surface area contributed by atoms with Crippen LogP contribution in [0.15, 0.2) is 28.7 Å². The van der Waals surface area contributed by atoms with Gasteiger partial charge in [-0.15, -0.1) is 12.4 Å². The van der Waals surface area contributed by atoms with Gasteiger partial charge in [-0.3, -0.25) is 9.59 Å². The highest BCUT2D eigenvalue weighted by atomic mass is 79.9. The molecule has 1 aromatic carbocycles. The number of carbonyl (C=O) groups excluding carboxylic acids is 2. The molecule has 1 heterocycles. The minimum atomic E-state index is -0.284. The molecule has 1 fully saturated rings. The third kappa shape index (κ3) is 6.96. The maximum absolute atomic E-state index is 12.7. The normalized spacial score (nSPS) is 18.2. The smallest absolute Gasteiger partial charge is 0.224 e. The van der Waals surface area contributed by atoms with Crippen molar-refractivity contribution in [3.63, 3.8) is 0 Å². The Balaban J connectivity index is 0.00000312. The van der Waals surface area contributed by atoms with Crippen molar-refractivity contribution in [2.45, 2.75) is 32.2 Å². The van der Waals surface area contributed by atoms with Gasteiger partial charge < -0.3 is 15.5 Å². The number of nitrogens with one attached hydrogen (secondary N) is 2. The maximum Gasteiger partial charge on any atom is 0.224 e. The zero-order valence-electron chi connectivity index (χ0n) is 14.8. The molecule has 1 aliphatic heterocycles. The van der Waals surface area contributed by atoms with Crippen molar-refractivity contribution in [3.05, 3.63) is 34.3 Å². The van der Waals surface area contributed by atoms with Gasteiger partial charge in [-0.1, -0.05) is 28.1 Å². The van der Waals surface area contributed by atoms with Crippen LogP contribution in [0.1, 0.15) is 37.8 Å². The lowest BCUT2D eigenvalue weighted by atomic mass is 9.96. The molecular weight excluding hydrogens is 406 g/mol. The summed E-state index contributed by atoms with van der Waals surface area (Å²) in [6.07, 6.45) is 2.50. The van der Waals surface area contributed by atoms with E-state index in [1.807, 2.05) is 36.2 Å². The van der Waals surface area contributed by atoms with Crippen LogP contribution in [0.2, 0.25) is 0 Å². The van der Waals surface area contributed by atoms with E-state index in [0.717, 1.165) is 42.5 Å². The van der Waals surface area contributed by atoms with Crippen LogP contribution in [0.3, 0.4) is 0 Å². The van der Waals surface area contributed by atoms with Gasteiger partial charge in [-0.25, -0.2) is 0 Å². The van der Waals surface area contributed by atoms with Crippen molar-refractivity contribution in [2.24, 2.45) is 5.92 Å². The first-order chi connectivity index (χ1) is 11.5. The van der Waals surface area contributed by atoms with Gasteiger partial charge in [0.15, 0.2) is 0 Å². The number of hydrogen-bond acceptors (Lipinski definition) is 3. The van der Waals surface area contributed by atoms with Crippen LogP contribution in [0.5, 0.6) is 0 Å². The summed E-state index contributed by atoms with van der Waals surface area (Å²) < 4.78 is 0.977. The molecule has 5 nitrogen and oxygen atoms in total. The fraction of sp³-hybridized carbons (Fsp3) is 0.556. The monoisotopic (exact) mass is 431 g/mol. The van der Waals surface area contributed by atoms with Crippen LogP contribution < -0.4 is 10.6 Å². The average Bonchev–Trinajstić information content (AvgIpc) is 2.55. The highest BCUT2D eigenvalue weighted by Crippen LogP contribution is 2.23. The molecule has 0 spiro atoms. The molecule has 2 N–H and O–H groups in total. The van der Waals surface area contributed by atoms with E-state index in [9.17, 15) is 9.59 Å². The number of benzene rings is 1. The molecular formula is C18H27BrClN3O2. The van der Waals surface area contributed by atoms with E-state index in [0.29, 0.717) is 12.3 Å². The second kappa shape index (κ2) is 10.8. The topological polar surface area (TPSA) is 61.4 Å². The van der Waals surface area contributed by atoms with Gasteiger partial charge in [0, 0.05) is 24.5 Å². The zero-order valence-corrected chi connectivity index (χ0v) is 17.2. The van der Waals surface area contributed by atoms with Crippen LogP contribution in [0, 0.1) is 5.92 Å². The lowest BCUT2D eigenvalue weighted by Gasteiger charge is -2.33. The Morgan fingerprint density at radius 2 is 2.00 bits per heavy atom. The Labute approximate surface area is 164 Å². The predicted molar refractivity (Wildman–Crippen MR) is 106 cm³/mol. The van der Waals surface area contributed by atoms with Crippen LogP contribution in [0.25, 0.3) is 0 Å². The van der Waals surface area contributed by atoms with Gasteiger partial charge in [0.25, 0.3) is 0 Å². The first-order valence-corrected chi connectivity index (χ1v) is 9.24. The van der Waals surface area contributed by atoms with E-state index in [1.54, 1.807) is 0 Å². The number of rotatable bonds is 6. The minimum absolute atomic E-state index is 0. The highest BCUT2D eigenvalue weighted by Gasteiger charge is 2.26. The van der Waals surface area contributed by atoms with E-state index >= 15 is 0 Å². The van der Waals surface area contributed by atoms with Crippen LogP contribution >= 0.6 is 28.3 Å². The second-order valence-electron chi connectivity index (χ2n) is 6.41. The van der Waals surface area contributed by atoms with Gasteiger partial charge in [-0.2, -0.15) is 0 Å². The molecule has 2 unspecified atom stereocenters. The third-order valence-electron chi connectivity index (χ3n) is 4.39. The third-order valence-corrected chi connectivity index (χ3v) is 4.92. The Morgan fingerprint density at radius 1 is 1.32 bits per heavy atom. The van der Waals surface area contributed by atoms with E-state index in [-0.39, 0.29) is 30.3 Å². The summed E-state index contributed by atoms with van der Waals surface area (Å²) in [5.41, 5.74) is 0.950. The molecule has 7 heteroatoms. The van der Waals surface area contributed by atoms with Crippen molar-refractivity contribution in [2.75, 3.05) is 26.7 Å². The lowest BCUT2D eigenvalue weighted by Crippen LogP contribution is -2.43. The number of amides is 2. The van der Waals surface area contributed by atoms with Crippen molar-refractivity contribution in [1.82, 2.24) is 15.5 Å². The van der Waals surface area contributed by atoms with Crippen LogP contribution in [-0.4, -0.2) is 43.4 Å². The molecule has 0 radical (unpaired) electrons. The van der Waals surface area contributed by atoms with Crippen molar-refractivity contribution in [3.8, 4) is 0 Å². The van der Waals surface area contributed by atoms with Crippen molar-refractivity contribution in [1.29, 1.82) is 0 Å². The van der Waals surface area contributed by atoms with Gasteiger partial charge in [-0.05, 0) is 50.0 Å². The van der Waals surface area contributed by atoms with E-state index in [4.69, 9.17) is 0 Å². The largest absolute Gasteiger partial charge is 0.349 e. The molecule has 2 atom stereocenters. The van der Waals surface area contributed by atoms with Gasteiger partial charge in [0.2, 0.25) is 11.8 Å². The number of halogens is 2. The average molecular weight is 433 g/mol. The molecule has 2 rings (SSSR count). The number of hydrogen-bond donors (Lipinski definition) is 2. The maximum atomic E-state index is 12.7. The molecule has 0 aliphatic carbocycles. The Morgan fingerprint density at radius 3 is 2.60 bits per heavy atom. The Bertz CT molecular complexity index is 566. The SMILES string of the molecule is CNCC1CCCN(C(=O)CC(NC(C)=O)c2ccc(Br)cc2)C1.Cl. The molecule has 140 valence electrons. The Kier molecular flexibility index (Phi) is 9.46. The van der Waals surface area contributed by atoms with Gasteiger partial charge >= 0.3 is 0 Å². The number of likely N-dealkylation sites (tertiary alicyclic amines) is 1. The summed E-state index contributed by atoms with van der Waals surface area (Å²) >= 11 is 3.41. The Hall–Kier alpha value is -1.11. The molecule has 0 bridgehead atoms. The quantitative estimate of drug-likeness (QED) is 0.726. The fourth-order valence-electron chi connectivity index (χ4n) is 3.24. The molecule has 1 aromatic rings. The van der Waals surface area contributed by atoms with E-state index in [1.165, 1.54) is 6.92 Å². The number of carbonyl (C=O) groups is 2. The number of nitrogens with zero attached hydrogens (tertiary/aromatic N) is 1. The summed E-state index contributed by atoms with van der Waals surface area (Å²) in [5.74, 6) is 0.500. The summed E-state index contributed by atoms with van der Waals surface area (Å²) in [6, 6.07) is 7.46. The molecule has 1 aliphatic rings. The van der Waals surface area contributed by atoms with Gasteiger partial charge in [0.1, 0.15) is 0 Å². The number of piperidine rings is 1. The predicted octanol–water partition coefficient (Wildman–Crippen LogP) is 2.90. The minimum Gasteiger partial charge on any atom is -0.349 e. The molecule has 2 amide bonds. The summed E-state index contributed by atoms with van der Waals surface area (Å²) in [5, 5.41) is 6.10. The fourth-order valence-corrected chi connectivity index (χ4v) is 3.51. The van der Waals surface area contributed by atoms with E-state index < -0.39 is 0 Å². The van der Waals surface area contributed by atoms with Gasteiger partial charge in [0.05, 0.1) is 12.5 Å². The zero-order chi connectivity index (χ0) is 17.5. The van der Waals surface area contributed by atoms with Crippen LogP contribution in [-0.2, 0) is 9.59 Å². The van der Waals surface area contributed by atoms with Crippen LogP contribution in [0.4, 0.5) is 0 Å². The summed E-state index contributed by atoms with van der Waals surface area (Å²) in [6.45, 7) is 4.03. The second-order valence-corrected chi connectivity index (χ2v) is 7.33. The lowest BCUT2D eigenvalue weighted by molar-refractivity contribution is -0.133. The van der Waals surface area contributed by atoms with Crippen molar-refractivity contribution >= 4 is 40.2 Å². The molecule has 0 aromatic heterocycles. The summed E-state index contributed by atoms with van der Waals surface area (Å²) in [7, 11) is 1.95. The molecule has 1 saturated heterocycles. The van der Waals surface area contributed by atoms with E-state index in [2.05, 4.69) is 26.6 Å². The first-order valence-electron chi connectivity index (χ1n) is 8.44. The van der Waals surface area contributed by atoms with Crippen molar-refractivity contribution < 1.29 is 9.59 Å². The summed E-state index contributed by atoms with van der Waals surface area (Å²) in [4.78, 5) is 26.2. The molecule has 25 heavy (non-hydrogen) atoms.